The minimum absolute atomic E-state index is 0.552. The highest BCUT2D eigenvalue weighted by atomic mass is 32.1. The number of benzene rings is 1. The first kappa shape index (κ1) is 16.1. The molecule has 0 saturated carbocycles. The molecule has 0 unspecified atom stereocenters. The fraction of sp³-hybridized carbons (Fsp3) is 0.444. The van der Waals surface area contributed by atoms with Crippen LogP contribution >= 0.6 is 11.3 Å². The Balaban J connectivity index is 1.58. The number of aryl methyl sites for hydroxylation is 2. The van der Waals surface area contributed by atoms with E-state index in [0.29, 0.717) is 12.1 Å². The average molecular weight is 327 g/mol. The zero-order valence-electron chi connectivity index (χ0n) is 13.3. The fourth-order valence-corrected chi connectivity index (χ4v) is 4.19. The molecule has 0 saturated heterocycles. The van der Waals surface area contributed by atoms with Gasteiger partial charge in [0.1, 0.15) is 5.01 Å². The summed E-state index contributed by atoms with van der Waals surface area (Å²) in [5.41, 5.74) is 2.74. The van der Waals surface area contributed by atoms with Crippen molar-refractivity contribution in [3.63, 3.8) is 0 Å². The Morgan fingerprint density at radius 1 is 1.30 bits per heavy atom. The van der Waals surface area contributed by atoms with Gasteiger partial charge in [-0.15, -0.1) is 11.3 Å². The maximum Gasteiger partial charge on any atom is 0.107 e. The number of aliphatic hydroxyl groups excluding tert-OH is 1. The number of rotatable bonds is 5. The first-order chi connectivity index (χ1) is 11.2. The summed E-state index contributed by atoms with van der Waals surface area (Å²) in [6, 6.07) is 9.22. The number of hydrogen-bond donors (Lipinski definition) is 1. The van der Waals surface area contributed by atoms with Crippen molar-refractivity contribution in [1.82, 2.24) is 9.88 Å². The largest absolute Gasteiger partial charge is 0.387 e. The standard InChI is InChI=1S/C18H21N3OS/c1-21(11-16(22)14-8-6-13(10-19)7-9-14)12-18-20-15-4-2-3-5-17(15)23-18/h6-9,16,22H,2-5,11-12H2,1H3/t16-/m1/s1. The third-order valence-electron chi connectivity index (χ3n) is 4.20. The second kappa shape index (κ2) is 7.22. The van der Waals surface area contributed by atoms with Crippen LogP contribution in [-0.4, -0.2) is 28.6 Å². The van der Waals surface area contributed by atoms with Gasteiger partial charge in [-0.25, -0.2) is 4.98 Å². The molecule has 1 aromatic carbocycles. The fourth-order valence-electron chi connectivity index (χ4n) is 2.95. The van der Waals surface area contributed by atoms with Crippen LogP contribution in [0, 0.1) is 11.3 Å². The Kier molecular flexibility index (Phi) is 5.06. The van der Waals surface area contributed by atoms with E-state index in [1.54, 1.807) is 12.1 Å². The predicted octanol–water partition coefficient (Wildman–Crippen LogP) is 3.06. The lowest BCUT2D eigenvalue weighted by Crippen LogP contribution is -2.24. The van der Waals surface area contributed by atoms with Gasteiger partial charge in [0.05, 0.1) is 30.0 Å². The summed E-state index contributed by atoms with van der Waals surface area (Å²) < 4.78 is 0. The van der Waals surface area contributed by atoms with E-state index in [1.807, 2.05) is 30.5 Å². The van der Waals surface area contributed by atoms with Crippen molar-refractivity contribution < 1.29 is 5.11 Å². The van der Waals surface area contributed by atoms with Crippen LogP contribution in [0.5, 0.6) is 0 Å². The van der Waals surface area contributed by atoms with Crippen molar-refractivity contribution in [2.24, 2.45) is 0 Å². The molecule has 4 nitrogen and oxygen atoms in total. The summed E-state index contributed by atoms with van der Waals surface area (Å²) in [5.74, 6) is 0. The highest BCUT2D eigenvalue weighted by Gasteiger charge is 2.17. The second-order valence-electron chi connectivity index (χ2n) is 6.13. The van der Waals surface area contributed by atoms with Gasteiger partial charge in [0.15, 0.2) is 0 Å². The van der Waals surface area contributed by atoms with Gasteiger partial charge < -0.3 is 5.11 Å². The SMILES string of the molecule is CN(Cc1nc2c(s1)CCCC2)C[C@@H](O)c1ccc(C#N)cc1. The number of fused-ring (bicyclic) bond motifs is 1. The van der Waals surface area contributed by atoms with Crippen molar-refractivity contribution >= 4 is 11.3 Å². The third-order valence-corrected chi connectivity index (χ3v) is 5.35. The van der Waals surface area contributed by atoms with E-state index in [2.05, 4.69) is 11.0 Å². The summed E-state index contributed by atoms with van der Waals surface area (Å²) in [6.07, 6.45) is 4.27. The lowest BCUT2D eigenvalue weighted by molar-refractivity contribution is 0.124. The van der Waals surface area contributed by atoms with Crippen molar-refractivity contribution in [2.75, 3.05) is 13.6 Å². The molecule has 1 aliphatic rings. The Morgan fingerprint density at radius 3 is 2.74 bits per heavy atom. The molecule has 1 N–H and O–H groups in total. The van der Waals surface area contributed by atoms with Gasteiger partial charge in [-0.3, -0.25) is 4.90 Å². The van der Waals surface area contributed by atoms with Gasteiger partial charge in [0.25, 0.3) is 0 Å². The minimum atomic E-state index is -0.553. The van der Waals surface area contributed by atoms with E-state index in [4.69, 9.17) is 10.2 Å². The van der Waals surface area contributed by atoms with Crippen LogP contribution in [0.4, 0.5) is 0 Å². The first-order valence-corrected chi connectivity index (χ1v) is 8.81. The van der Waals surface area contributed by atoms with Crippen LogP contribution in [0.25, 0.3) is 0 Å². The van der Waals surface area contributed by atoms with Crippen molar-refractivity contribution in [2.45, 2.75) is 38.3 Å². The van der Waals surface area contributed by atoms with Crippen LogP contribution in [0.1, 0.15) is 45.7 Å². The number of likely N-dealkylation sites (N-methyl/N-ethyl adjacent to an activating group) is 1. The normalized spacial score (nSPS) is 15.2. The molecular formula is C18H21N3OS. The zero-order valence-corrected chi connectivity index (χ0v) is 14.1. The van der Waals surface area contributed by atoms with Crippen molar-refractivity contribution in [3.05, 3.63) is 51.0 Å². The van der Waals surface area contributed by atoms with Gasteiger partial charge in [-0.1, -0.05) is 12.1 Å². The predicted molar refractivity (Wildman–Crippen MR) is 91.2 cm³/mol. The van der Waals surface area contributed by atoms with Crippen molar-refractivity contribution in [1.29, 1.82) is 5.26 Å². The number of aromatic nitrogens is 1. The quantitative estimate of drug-likeness (QED) is 0.917. The van der Waals surface area contributed by atoms with E-state index in [1.165, 1.54) is 29.8 Å². The van der Waals surface area contributed by atoms with E-state index >= 15 is 0 Å². The number of aliphatic hydroxyl groups is 1. The molecule has 1 aromatic heterocycles. The molecule has 0 bridgehead atoms. The summed E-state index contributed by atoms with van der Waals surface area (Å²) in [6.45, 7) is 1.32. The molecule has 0 amide bonds. The number of nitrogens with zero attached hydrogens (tertiary/aromatic N) is 3. The summed E-state index contributed by atoms with van der Waals surface area (Å²) in [4.78, 5) is 8.31. The van der Waals surface area contributed by atoms with Crippen LogP contribution in [0.2, 0.25) is 0 Å². The summed E-state index contributed by atoms with van der Waals surface area (Å²) in [5, 5.41) is 20.3. The zero-order chi connectivity index (χ0) is 16.2. The lowest BCUT2D eigenvalue weighted by atomic mass is 10.0. The maximum atomic E-state index is 10.4. The Hall–Kier alpha value is -1.74. The monoisotopic (exact) mass is 327 g/mol. The Bertz CT molecular complexity index is 679. The van der Waals surface area contributed by atoms with Crippen LogP contribution in [-0.2, 0) is 19.4 Å². The highest BCUT2D eigenvalue weighted by molar-refractivity contribution is 7.11. The number of nitriles is 1. The van der Waals surface area contributed by atoms with Gasteiger partial charge in [-0.05, 0) is 50.4 Å². The van der Waals surface area contributed by atoms with Gasteiger partial charge in [0, 0.05) is 11.4 Å². The molecule has 120 valence electrons. The average Bonchev–Trinajstić information content (AvgIpc) is 2.96. The second-order valence-corrected chi connectivity index (χ2v) is 7.30. The Labute approximate surface area is 141 Å². The summed E-state index contributed by atoms with van der Waals surface area (Å²) in [7, 11) is 2.01. The van der Waals surface area contributed by atoms with Gasteiger partial charge >= 0.3 is 0 Å². The van der Waals surface area contributed by atoms with Crippen LogP contribution in [0.3, 0.4) is 0 Å². The molecule has 1 aliphatic carbocycles. The van der Waals surface area contributed by atoms with Gasteiger partial charge in [0.2, 0.25) is 0 Å². The van der Waals surface area contributed by atoms with Crippen molar-refractivity contribution in [3.8, 4) is 6.07 Å². The van der Waals surface area contributed by atoms with E-state index < -0.39 is 6.10 Å². The third kappa shape index (κ3) is 3.97. The molecule has 1 heterocycles. The smallest absolute Gasteiger partial charge is 0.107 e. The molecule has 2 aromatic rings. The molecule has 0 radical (unpaired) electrons. The molecule has 3 rings (SSSR count). The Morgan fingerprint density at radius 2 is 2.04 bits per heavy atom. The highest BCUT2D eigenvalue weighted by Crippen LogP contribution is 2.27. The summed E-state index contributed by atoms with van der Waals surface area (Å²) >= 11 is 1.82. The van der Waals surface area contributed by atoms with E-state index in [-0.39, 0.29) is 0 Å². The maximum absolute atomic E-state index is 10.4. The lowest BCUT2D eigenvalue weighted by Gasteiger charge is -2.19. The first-order valence-electron chi connectivity index (χ1n) is 8.00. The van der Waals surface area contributed by atoms with Gasteiger partial charge in [-0.2, -0.15) is 5.26 Å². The molecule has 5 heteroatoms. The van der Waals surface area contributed by atoms with Crippen LogP contribution in [0.15, 0.2) is 24.3 Å². The molecule has 1 atom stereocenters. The van der Waals surface area contributed by atoms with E-state index in [0.717, 1.165) is 23.5 Å². The minimum Gasteiger partial charge on any atom is -0.387 e. The molecular weight excluding hydrogens is 306 g/mol. The molecule has 0 spiro atoms. The number of hydrogen-bond acceptors (Lipinski definition) is 5. The van der Waals surface area contributed by atoms with E-state index in [9.17, 15) is 5.11 Å². The number of thiazole rings is 1. The topological polar surface area (TPSA) is 60.1 Å². The molecule has 23 heavy (non-hydrogen) atoms. The molecule has 0 fully saturated rings. The van der Waals surface area contributed by atoms with Crippen LogP contribution < -0.4 is 0 Å². The molecule has 0 aliphatic heterocycles.